The van der Waals surface area contributed by atoms with Crippen molar-refractivity contribution in [3.8, 4) is 5.75 Å². The summed E-state index contributed by atoms with van der Waals surface area (Å²) >= 11 is 0. The van der Waals surface area contributed by atoms with Crippen LogP contribution in [0.5, 0.6) is 5.75 Å². The standard InChI is InChI=1S/C27H31N3O4S/c1-5-16-34-24-12-10-23(11-13-24)18-28-29-27(31)19-30(26-17-21(3)6-9-22(26)4)35(32,33)25-14-7-20(2)8-15-25/h6-15,17-18H,5,16,19H2,1-4H3,(H,29,31)/b28-18-. The lowest BCUT2D eigenvalue weighted by Gasteiger charge is -2.25. The highest BCUT2D eigenvalue weighted by Gasteiger charge is 2.28. The van der Waals surface area contributed by atoms with Crippen molar-refractivity contribution in [3.63, 3.8) is 0 Å². The van der Waals surface area contributed by atoms with Crippen LogP contribution in [-0.4, -0.2) is 33.7 Å². The van der Waals surface area contributed by atoms with Gasteiger partial charge in [-0.1, -0.05) is 36.8 Å². The minimum atomic E-state index is -3.99. The van der Waals surface area contributed by atoms with Crippen LogP contribution in [0.25, 0.3) is 0 Å². The van der Waals surface area contributed by atoms with Gasteiger partial charge in [-0.3, -0.25) is 9.10 Å². The van der Waals surface area contributed by atoms with E-state index in [4.69, 9.17) is 4.74 Å². The van der Waals surface area contributed by atoms with Crippen molar-refractivity contribution in [2.24, 2.45) is 5.10 Å². The molecule has 35 heavy (non-hydrogen) atoms. The van der Waals surface area contributed by atoms with Crippen LogP contribution in [0.15, 0.2) is 76.7 Å². The minimum Gasteiger partial charge on any atom is -0.494 e. The Labute approximate surface area is 207 Å². The molecule has 0 aliphatic heterocycles. The number of carbonyl (C=O) groups is 1. The molecule has 0 heterocycles. The molecule has 0 aliphatic rings. The number of hydrogen-bond donors (Lipinski definition) is 1. The molecule has 0 bridgehead atoms. The fraction of sp³-hybridized carbons (Fsp3) is 0.259. The van der Waals surface area contributed by atoms with Crippen LogP contribution in [0.2, 0.25) is 0 Å². The number of ether oxygens (including phenoxy) is 1. The Morgan fingerprint density at radius 2 is 1.63 bits per heavy atom. The first-order valence-electron chi connectivity index (χ1n) is 11.4. The molecule has 0 spiro atoms. The third-order valence-electron chi connectivity index (χ3n) is 5.29. The van der Waals surface area contributed by atoms with Gasteiger partial charge in [0.05, 0.1) is 23.4 Å². The average Bonchev–Trinajstić information content (AvgIpc) is 2.84. The molecule has 0 unspecified atom stereocenters. The van der Waals surface area contributed by atoms with Gasteiger partial charge < -0.3 is 4.74 Å². The average molecular weight is 494 g/mol. The molecule has 0 saturated heterocycles. The van der Waals surface area contributed by atoms with Gasteiger partial charge in [0.1, 0.15) is 12.3 Å². The maximum atomic E-state index is 13.5. The Hall–Kier alpha value is -3.65. The van der Waals surface area contributed by atoms with Gasteiger partial charge in [0, 0.05) is 0 Å². The summed E-state index contributed by atoms with van der Waals surface area (Å²) in [6.07, 6.45) is 2.42. The zero-order valence-electron chi connectivity index (χ0n) is 20.5. The molecule has 1 amide bonds. The van der Waals surface area contributed by atoms with E-state index in [1.165, 1.54) is 6.21 Å². The van der Waals surface area contributed by atoms with E-state index < -0.39 is 22.5 Å². The summed E-state index contributed by atoms with van der Waals surface area (Å²) in [5, 5.41) is 4.00. The van der Waals surface area contributed by atoms with Gasteiger partial charge in [-0.05, 0) is 86.3 Å². The van der Waals surface area contributed by atoms with E-state index in [-0.39, 0.29) is 4.90 Å². The number of hydrogen-bond acceptors (Lipinski definition) is 5. The summed E-state index contributed by atoms with van der Waals surface area (Å²) in [7, 11) is -3.99. The number of hydrazone groups is 1. The van der Waals surface area contributed by atoms with E-state index in [0.29, 0.717) is 12.3 Å². The molecule has 184 valence electrons. The molecule has 3 aromatic carbocycles. The van der Waals surface area contributed by atoms with Gasteiger partial charge in [-0.25, -0.2) is 13.8 Å². The molecule has 3 rings (SSSR count). The van der Waals surface area contributed by atoms with E-state index in [1.54, 1.807) is 30.3 Å². The molecule has 0 aromatic heterocycles. The Morgan fingerprint density at radius 1 is 0.971 bits per heavy atom. The van der Waals surface area contributed by atoms with Crippen LogP contribution in [0.4, 0.5) is 5.69 Å². The lowest BCUT2D eigenvalue weighted by atomic mass is 10.1. The van der Waals surface area contributed by atoms with E-state index >= 15 is 0 Å². The van der Waals surface area contributed by atoms with Crippen LogP contribution in [0.3, 0.4) is 0 Å². The van der Waals surface area contributed by atoms with Crippen molar-refractivity contribution >= 4 is 27.8 Å². The maximum absolute atomic E-state index is 13.5. The molecule has 0 radical (unpaired) electrons. The van der Waals surface area contributed by atoms with Crippen molar-refractivity contribution in [2.75, 3.05) is 17.5 Å². The predicted octanol–water partition coefficient (Wildman–Crippen LogP) is 4.75. The monoisotopic (exact) mass is 493 g/mol. The van der Waals surface area contributed by atoms with Gasteiger partial charge in [0.2, 0.25) is 0 Å². The zero-order chi connectivity index (χ0) is 25.4. The highest BCUT2D eigenvalue weighted by molar-refractivity contribution is 7.92. The van der Waals surface area contributed by atoms with Crippen LogP contribution in [0, 0.1) is 20.8 Å². The van der Waals surface area contributed by atoms with Gasteiger partial charge in [0.15, 0.2) is 0 Å². The van der Waals surface area contributed by atoms with E-state index in [2.05, 4.69) is 10.5 Å². The second-order valence-electron chi connectivity index (χ2n) is 8.33. The predicted molar refractivity (Wildman–Crippen MR) is 140 cm³/mol. The Bertz CT molecular complexity index is 1290. The number of aryl methyl sites for hydroxylation is 3. The Kier molecular flexibility index (Phi) is 8.65. The van der Waals surface area contributed by atoms with Gasteiger partial charge in [-0.15, -0.1) is 0 Å². The Morgan fingerprint density at radius 3 is 2.29 bits per heavy atom. The van der Waals surface area contributed by atoms with E-state index in [1.807, 2.05) is 64.1 Å². The molecule has 0 aliphatic carbocycles. The van der Waals surface area contributed by atoms with Crippen LogP contribution >= 0.6 is 0 Å². The lowest BCUT2D eigenvalue weighted by Crippen LogP contribution is -2.40. The zero-order valence-corrected chi connectivity index (χ0v) is 21.3. The largest absolute Gasteiger partial charge is 0.494 e. The van der Waals surface area contributed by atoms with Crippen molar-refractivity contribution in [3.05, 3.63) is 89.0 Å². The molecule has 8 heteroatoms. The topological polar surface area (TPSA) is 88.1 Å². The number of rotatable bonds is 10. The molecule has 0 atom stereocenters. The van der Waals surface area contributed by atoms with Crippen LogP contribution in [-0.2, 0) is 14.8 Å². The molecular weight excluding hydrogens is 462 g/mol. The molecule has 0 fully saturated rings. The van der Waals surface area contributed by atoms with Gasteiger partial charge >= 0.3 is 0 Å². The Balaban J connectivity index is 1.79. The van der Waals surface area contributed by atoms with Crippen LogP contribution in [0.1, 0.15) is 35.6 Å². The summed E-state index contributed by atoms with van der Waals surface area (Å²) < 4.78 is 33.8. The minimum absolute atomic E-state index is 0.116. The highest BCUT2D eigenvalue weighted by atomic mass is 32.2. The second-order valence-corrected chi connectivity index (χ2v) is 10.2. The van der Waals surface area contributed by atoms with Crippen LogP contribution < -0.4 is 14.5 Å². The SMILES string of the molecule is CCCOc1ccc(/C=N\NC(=O)CN(c2cc(C)ccc2C)S(=O)(=O)c2ccc(C)cc2)cc1. The van der Waals surface area contributed by atoms with Crippen molar-refractivity contribution in [1.29, 1.82) is 0 Å². The smallest absolute Gasteiger partial charge is 0.264 e. The summed E-state index contributed by atoms with van der Waals surface area (Å²) in [4.78, 5) is 12.9. The molecule has 3 aromatic rings. The summed E-state index contributed by atoms with van der Waals surface area (Å²) in [5.74, 6) is 0.208. The number of nitrogens with zero attached hydrogens (tertiary/aromatic N) is 2. The maximum Gasteiger partial charge on any atom is 0.264 e. The number of amides is 1. The van der Waals surface area contributed by atoms with E-state index in [9.17, 15) is 13.2 Å². The summed E-state index contributed by atoms with van der Waals surface area (Å²) in [5.41, 5.74) is 6.24. The molecule has 7 nitrogen and oxygen atoms in total. The van der Waals surface area contributed by atoms with Crippen molar-refractivity contribution in [1.82, 2.24) is 5.43 Å². The van der Waals surface area contributed by atoms with E-state index in [0.717, 1.165) is 38.7 Å². The number of nitrogens with one attached hydrogen (secondary N) is 1. The summed E-state index contributed by atoms with van der Waals surface area (Å²) in [6, 6.07) is 19.4. The highest BCUT2D eigenvalue weighted by Crippen LogP contribution is 2.28. The van der Waals surface area contributed by atoms with Gasteiger partial charge in [-0.2, -0.15) is 5.10 Å². The second kappa shape index (κ2) is 11.7. The molecule has 1 N–H and O–H groups in total. The first-order chi connectivity index (χ1) is 16.7. The first-order valence-corrected chi connectivity index (χ1v) is 12.9. The first kappa shape index (κ1) is 26.0. The normalized spacial score (nSPS) is 11.4. The molecule has 0 saturated carbocycles. The summed E-state index contributed by atoms with van der Waals surface area (Å²) in [6.45, 7) is 7.85. The lowest BCUT2D eigenvalue weighted by molar-refractivity contribution is -0.119. The third kappa shape index (κ3) is 6.93. The fourth-order valence-electron chi connectivity index (χ4n) is 3.34. The fourth-order valence-corrected chi connectivity index (χ4v) is 4.82. The number of sulfonamides is 1. The number of benzene rings is 3. The quantitative estimate of drug-likeness (QED) is 0.326. The van der Waals surface area contributed by atoms with Crippen molar-refractivity contribution < 1.29 is 17.9 Å². The van der Waals surface area contributed by atoms with Crippen molar-refractivity contribution in [2.45, 2.75) is 39.0 Å². The molecular formula is C27H31N3O4S. The van der Waals surface area contributed by atoms with Gasteiger partial charge in [0.25, 0.3) is 15.9 Å². The number of carbonyl (C=O) groups excluding carboxylic acids is 1. The number of anilines is 1. The third-order valence-corrected chi connectivity index (χ3v) is 7.06.